The number of carboxylic acid groups (broad SMARTS) is 1. The summed E-state index contributed by atoms with van der Waals surface area (Å²) >= 11 is 5.86. The molecule has 0 bridgehead atoms. The third kappa shape index (κ3) is 5.93. The SMILES string of the molecule is CC(C)CN(CC(=O)O)C(=O)NCc1cccc(Cl)c1. The summed E-state index contributed by atoms with van der Waals surface area (Å²) in [6.45, 7) is 4.26. The van der Waals surface area contributed by atoms with E-state index in [2.05, 4.69) is 5.32 Å². The number of hydrogen-bond donors (Lipinski definition) is 2. The zero-order valence-electron chi connectivity index (χ0n) is 11.6. The molecule has 0 saturated carbocycles. The van der Waals surface area contributed by atoms with Gasteiger partial charge in [-0.2, -0.15) is 0 Å². The lowest BCUT2D eigenvalue weighted by Gasteiger charge is -2.23. The molecule has 0 fully saturated rings. The molecule has 0 unspecified atom stereocenters. The number of nitrogens with zero attached hydrogens (tertiary/aromatic N) is 1. The zero-order chi connectivity index (χ0) is 15.1. The van der Waals surface area contributed by atoms with E-state index in [0.29, 0.717) is 18.1 Å². The lowest BCUT2D eigenvalue weighted by Crippen LogP contribution is -2.44. The van der Waals surface area contributed by atoms with Crippen LogP contribution >= 0.6 is 11.6 Å². The molecule has 0 aliphatic heterocycles. The van der Waals surface area contributed by atoms with Gasteiger partial charge in [0.05, 0.1) is 0 Å². The van der Waals surface area contributed by atoms with Crippen molar-refractivity contribution < 1.29 is 14.7 Å². The predicted octanol–water partition coefficient (Wildman–Crippen LogP) is 2.59. The number of carbonyl (C=O) groups is 2. The molecule has 0 saturated heterocycles. The van der Waals surface area contributed by atoms with Crippen LogP contribution in [0, 0.1) is 5.92 Å². The number of urea groups is 1. The van der Waals surface area contributed by atoms with E-state index in [1.165, 1.54) is 4.90 Å². The lowest BCUT2D eigenvalue weighted by atomic mass is 10.2. The van der Waals surface area contributed by atoms with Gasteiger partial charge < -0.3 is 15.3 Å². The van der Waals surface area contributed by atoms with E-state index in [1.54, 1.807) is 18.2 Å². The highest BCUT2D eigenvalue weighted by Crippen LogP contribution is 2.10. The Hall–Kier alpha value is -1.75. The maximum absolute atomic E-state index is 12.0. The molecule has 5 nitrogen and oxygen atoms in total. The van der Waals surface area contributed by atoms with Gasteiger partial charge in [0.1, 0.15) is 6.54 Å². The number of rotatable bonds is 6. The molecular formula is C14H19ClN2O3. The van der Waals surface area contributed by atoms with Crippen LogP contribution in [0.15, 0.2) is 24.3 Å². The number of aliphatic carboxylic acids is 1. The van der Waals surface area contributed by atoms with E-state index in [4.69, 9.17) is 16.7 Å². The fourth-order valence-corrected chi connectivity index (χ4v) is 1.97. The highest BCUT2D eigenvalue weighted by atomic mass is 35.5. The van der Waals surface area contributed by atoms with Gasteiger partial charge in [-0.1, -0.05) is 37.6 Å². The third-order valence-corrected chi connectivity index (χ3v) is 2.77. The van der Waals surface area contributed by atoms with E-state index in [1.807, 2.05) is 19.9 Å². The number of halogens is 1. The maximum atomic E-state index is 12.0. The van der Waals surface area contributed by atoms with Crippen LogP contribution in [0.2, 0.25) is 5.02 Å². The van der Waals surface area contributed by atoms with Crippen LogP contribution in [0.4, 0.5) is 4.79 Å². The van der Waals surface area contributed by atoms with Crippen molar-refractivity contribution in [3.8, 4) is 0 Å². The van der Waals surface area contributed by atoms with Gasteiger partial charge in [-0.15, -0.1) is 0 Å². The molecular weight excluding hydrogens is 280 g/mol. The number of benzene rings is 1. The van der Waals surface area contributed by atoms with E-state index < -0.39 is 5.97 Å². The van der Waals surface area contributed by atoms with Gasteiger partial charge in [-0.05, 0) is 23.6 Å². The Kier molecular flexibility index (Phi) is 6.31. The van der Waals surface area contributed by atoms with Crippen molar-refractivity contribution in [2.45, 2.75) is 20.4 Å². The van der Waals surface area contributed by atoms with Gasteiger partial charge >= 0.3 is 12.0 Å². The van der Waals surface area contributed by atoms with Gasteiger partial charge in [-0.25, -0.2) is 4.79 Å². The first-order valence-corrected chi connectivity index (χ1v) is 6.75. The fourth-order valence-electron chi connectivity index (χ4n) is 1.76. The first-order valence-electron chi connectivity index (χ1n) is 6.37. The van der Waals surface area contributed by atoms with Crippen molar-refractivity contribution in [3.05, 3.63) is 34.9 Å². The fraction of sp³-hybridized carbons (Fsp3) is 0.429. The smallest absolute Gasteiger partial charge is 0.323 e. The molecule has 110 valence electrons. The zero-order valence-corrected chi connectivity index (χ0v) is 12.4. The molecule has 1 aromatic rings. The molecule has 2 amide bonds. The van der Waals surface area contributed by atoms with E-state index in [-0.39, 0.29) is 18.5 Å². The van der Waals surface area contributed by atoms with Crippen molar-refractivity contribution in [3.63, 3.8) is 0 Å². The van der Waals surface area contributed by atoms with Gasteiger partial charge in [0.25, 0.3) is 0 Å². The first kappa shape index (κ1) is 16.3. The van der Waals surface area contributed by atoms with Crippen LogP contribution in [0.3, 0.4) is 0 Å². The average molecular weight is 299 g/mol. The summed E-state index contributed by atoms with van der Waals surface area (Å²) in [6, 6.07) is 6.76. The van der Waals surface area contributed by atoms with Gasteiger partial charge in [0, 0.05) is 18.1 Å². The lowest BCUT2D eigenvalue weighted by molar-refractivity contribution is -0.137. The topological polar surface area (TPSA) is 69.6 Å². The highest BCUT2D eigenvalue weighted by Gasteiger charge is 2.17. The van der Waals surface area contributed by atoms with Crippen LogP contribution in [0.5, 0.6) is 0 Å². The maximum Gasteiger partial charge on any atom is 0.323 e. The number of hydrogen-bond acceptors (Lipinski definition) is 2. The third-order valence-electron chi connectivity index (χ3n) is 2.53. The molecule has 0 atom stereocenters. The number of amides is 2. The van der Waals surface area contributed by atoms with E-state index in [9.17, 15) is 9.59 Å². The summed E-state index contributed by atoms with van der Waals surface area (Å²) in [5, 5.41) is 12.1. The molecule has 1 aromatic carbocycles. The molecule has 0 radical (unpaired) electrons. The Bertz CT molecular complexity index is 477. The van der Waals surface area contributed by atoms with Crippen molar-refractivity contribution in [2.75, 3.05) is 13.1 Å². The Morgan fingerprint density at radius 1 is 1.40 bits per heavy atom. The van der Waals surface area contributed by atoms with Crippen molar-refractivity contribution in [2.24, 2.45) is 5.92 Å². The second-order valence-corrected chi connectivity index (χ2v) is 5.39. The molecule has 0 aliphatic carbocycles. The second-order valence-electron chi connectivity index (χ2n) is 4.96. The van der Waals surface area contributed by atoms with Crippen LogP contribution in [-0.4, -0.2) is 35.1 Å². The highest BCUT2D eigenvalue weighted by molar-refractivity contribution is 6.30. The standard InChI is InChI=1S/C14H19ClN2O3/c1-10(2)8-17(9-13(18)19)14(20)16-7-11-4-3-5-12(15)6-11/h3-6,10H,7-9H2,1-2H3,(H,16,20)(H,18,19). The van der Waals surface area contributed by atoms with Crippen molar-refractivity contribution in [1.29, 1.82) is 0 Å². The summed E-state index contributed by atoms with van der Waals surface area (Å²) in [6.07, 6.45) is 0. The molecule has 0 aliphatic rings. The molecule has 2 N–H and O–H groups in total. The minimum atomic E-state index is -1.02. The molecule has 0 heterocycles. The molecule has 6 heteroatoms. The first-order chi connectivity index (χ1) is 9.38. The molecule has 0 aromatic heterocycles. The van der Waals surface area contributed by atoms with Gasteiger partial charge in [0.2, 0.25) is 0 Å². The quantitative estimate of drug-likeness (QED) is 0.848. The van der Waals surface area contributed by atoms with Crippen LogP contribution < -0.4 is 5.32 Å². The van der Waals surface area contributed by atoms with E-state index in [0.717, 1.165) is 5.56 Å². The molecule has 0 spiro atoms. The molecule has 1 rings (SSSR count). The van der Waals surface area contributed by atoms with Gasteiger partial charge in [0.15, 0.2) is 0 Å². The summed E-state index contributed by atoms with van der Waals surface area (Å²) in [4.78, 5) is 24.1. The Morgan fingerprint density at radius 2 is 2.10 bits per heavy atom. The monoisotopic (exact) mass is 298 g/mol. The second kappa shape index (κ2) is 7.75. The summed E-state index contributed by atoms with van der Waals surface area (Å²) < 4.78 is 0. The number of nitrogens with one attached hydrogen (secondary N) is 1. The number of carbonyl (C=O) groups excluding carboxylic acids is 1. The van der Waals surface area contributed by atoms with Gasteiger partial charge in [-0.3, -0.25) is 4.79 Å². The van der Waals surface area contributed by atoms with Crippen molar-refractivity contribution >= 4 is 23.6 Å². The average Bonchev–Trinajstić information content (AvgIpc) is 2.34. The van der Waals surface area contributed by atoms with E-state index >= 15 is 0 Å². The number of carboxylic acids is 1. The normalized spacial score (nSPS) is 10.4. The largest absolute Gasteiger partial charge is 0.480 e. The minimum absolute atomic E-state index is 0.200. The Morgan fingerprint density at radius 3 is 2.65 bits per heavy atom. The predicted molar refractivity (Wildman–Crippen MR) is 77.7 cm³/mol. The van der Waals surface area contributed by atoms with Crippen LogP contribution in [0.25, 0.3) is 0 Å². The Labute approximate surface area is 123 Å². The minimum Gasteiger partial charge on any atom is -0.480 e. The molecule has 20 heavy (non-hydrogen) atoms. The summed E-state index contributed by atoms with van der Waals surface area (Å²) in [7, 11) is 0. The summed E-state index contributed by atoms with van der Waals surface area (Å²) in [5.74, 6) is -0.824. The van der Waals surface area contributed by atoms with Crippen LogP contribution in [0.1, 0.15) is 19.4 Å². The summed E-state index contributed by atoms with van der Waals surface area (Å²) in [5.41, 5.74) is 0.866. The van der Waals surface area contributed by atoms with Crippen molar-refractivity contribution in [1.82, 2.24) is 10.2 Å². The van der Waals surface area contributed by atoms with Crippen LogP contribution in [-0.2, 0) is 11.3 Å². The Balaban J connectivity index is 2.59.